The summed E-state index contributed by atoms with van der Waals surface area (Å²) in [5.41, 5.74) is 1.19. The average Bonchev–Trinajstić information content (AvgIpc) is 3.08. The Morgan fingerprint density at radius 1 is 1.03 bits per heavy atom. The van der Waals surface area contributed by atoms with Crippen molar-refractivity contribution in [2.75, 3.05) is 37.7 Å². The predicted molar refractivity (Wildman–Crippen MR) is 125 cm³/mol. The molecule has 0 aliphatic carbocycles. The summed E-state index contributed by atoms with van der Waals surface area (Å²) in [7, 11) is -2.63. The Bertz CT molecular complexity index is 1010. The van der Waals surface area contributed by atoms with Crippen LogP contribution in [0.3, 0.4) is 0 Å². The van der Waals surface area contributed by atoms with Gasteiger partial charge in [0.1, 0.15) is 22.9 Å². The van der Waals surface area contributed by atoms with Crippen LogP contribution in [0.1, 0.15) is 38.2 Å². The van der Waals surface area contributed by atoms with E-state index < -0.39 is 10.0 Å². The number of nitrogens with zero attached hydrogens (tertiary/aromatic N) is 2. The highest BCUT2D eigenvalue weighted by atomic mass is 32.2. The molecule has 2 aromatic carbocycles. The minimum absolute atomic E-state index is 0.0394. The Kier molecular flexibility index (Phi) is 8.01. The number of carbonyl (C=O) groups excluding carboxylic acids is 1. The smallest absolute Gasteiger partial charge is 0.268 e. The second-order valence-electron chi connectivity index (χ2n) is 7.89. The first-order chi connectivity index (χ1) is 15.4. The largest absolute Gasteiger partial charge is 0.495 e. The Morgan fingerprint density at radius 3 is 2.28 bits per heavy atom. The number of hydrogen-bond donors (Lipinski definition) is 0. The molecule has 1 heterocycles. The number of sulfonamides is 1. The first-order valence-corrected chi connectivity index (χ1v) is 12.5. The topological polar surface area (TPSA) is 76.2 Å². The van der Waals surface area contributed by atoms with Gasteiger partial charge < -0.3 is 14.4 Å². The molecular weight excluding hydrogens is 428 g/mol. The number of amides is 1. The molecular formula is C24H32N2O5S. The second kappa shape index (κ2) is 10.7. The monoisotopic (exact) mass is 460 g/mol. The quantitative estimate of drug-likeness (QED) is 0.595. The van der Waals surface area contributed by atoms with Crippen LogP contribution in [0.4, 0.5) is 5.69 Å². The van der Waals surface area contributed by atoms with E-state index in [1.165, 1.54) is 11.4 Å². The van der Waals surface area contributed by atoms with E-state index in [2.05, 4.69) is 0 Å². The summed E-state index contributed by atoms with van der Waals surface area (Å²) in [4.78, 5) is 15.0. The van der Waals surface area contributed by atoms with Gasteiger partial charge in [-0.05, 0) is 68.7 Å². The molecule has 32 heavy (non-hydrogen) atoms. The molecule has 174 valence electrons. The molecule has 3 rings (SSSR count). The molecule has 0 bridgehead atoms. The number of carbonyl (C=O) groups is 1. The summed E-state index contributed by atoms with van der Waals surface area (Å²) >= 11 is 0. The van der Waals surface area contributed by atoms with Crippen molar-refractivity contribution < 1.29 is 22.7 Å². The Balaban J connectivity index is 2.01. The van der Waals surface area contributed by atoms with Crippen molar-refractivity contribution in [2.45, 2.75) is 44.4 Å². The molecule has 0 spiro atoms. The van der Waals surface area contributed by atoms with Gasteiger partial charge in [-0.2, -0.15) is 0 Å². The summed E-state index contributed by atoms with van der Waals surface area (Å²) in [6, 6.07) is 11.8. The Hall–Kier alpha value is -2.74. The van der Waals surface area contributed by atoms with Crippen LogP contribution in [0, 0.1) is 6.92 Å². The average molecular weight is 461 g/mol. The van der Waals surface area contributed by atoms with Gasteiger partial charge in [0.2, 0.25) is 5.91 Å². The van der Waals surface area contributed by atoms with Crippen LogP contribution in [0.15, 0.2) is 47.4 Å². The zero-order valence-corrected chi connectivity index (χ0v) is 19.9. The summed E-state index contributed by atoms with van der Waals surface area (Å²) in [6.07, 6.45) is 4.05. The summed E-state index contributed by atoms with van der Waals surface area (Å²) in [5.74, 6) is 0.685. The molecule has 2 aromatic rings. The van der Waals surface area contributed by atoms with E-state index in [1.54, 1.807) is 47.4 Å². The van der Waals surface area contributed by atoms with Crippen molar-refractivity contribution in [3.63, 3.8) is 0 Å². The minimum atomic E-state index is -4.07. The van der Waals surface area contributed by atoms with Crippen LogP contribution in [0.2, 0.25) is 0 Å². The lowest BCUT2D eigenvalue weighted by Gasteiger charge is -2.28. The molecule has 1 saturated heterocycles. The van der Waals surface area contributed by atoms with E-state index in [4.69, 9.17) is 9.47 Å². The van der Waals surface area contributed by atoms with Gasteiger partial charge in [-0.1, -0.05) is 18.9 Å². The third-order valence-electron chi connectivity index (χ3n) is 5.56. The molecule has 0 aromatic heterocycles. The lowest BCUT2D eigenvalue weighted by atomic mass is 10.2. The molecule has 0 radical (unpaired) electrons. The fraction of sp³-hybridized carbons (Fsp3) is 0.458. The van der Waals surface area contributed by atoms with Crippen molar-refractivity contribution in [1.29, 1.82) is 0 Å². The normalized spacial score (nSPS) is 14.5. The molecule has 0 N–H and O–H groups in total. The predicted octanol–water partition coefficient (Wildman–Crippen LogP) is 4.00. The third-order valence-corrected chi connectivity index (χ3v) is 7.36. The lowest BCUT2D eigenvalue weighted by Crippen LogP contribution is -2.43. The number of likely N-dealkylation sites (tertiary alicyclic amines) is 1. The molecule has 1 amide bonds. The van der Waals surface area contributed by atoms with E-state index in [0.29, 0.717) is 31.1 Å². The first-order valence-electron chi connectivity index (χ1n) is 11.0. The molecule has 1 aliphatic rings. The fourth-order valence-electron chi connectivity index (χ4n) is 3.84. The summed E-state index contributed by atoms with van der Waals surface area (Å²) in [5, 5.41) is 0. The first kappa shape index (κ1) is 23.9. The highest BCUT2D eigenvalue weighted by molar-refractivity contribution is 7.93. The minimum Gasteiger partial charge on any atom is -0.495 e. The van der Waals surface area contributed by atoms with Crippen LogP contribution >= 0.6 is 0 Å². The van der Waals surface area contributed by atoms with Gasteiger partial charge in [0.25, 0.3) is 10.0 Å². The molecule has 0 unspecified atom stereocenters. The molecule has 0 saturated carbocycles. The number of hydrogen-bond acceptors (Lipinski definition) is 5. The van der Waals surface area contributed by atoms with Gasteiger partial charge >= 0.3 is 0 Å². The van der Waals surface area contributed by atoms with Crippen molar-refractivity contribution >= 4 is 21.6 Å². The maximum absolute atomic E-state index is 13.8. The number of rotatable bonds is 8. The van der Waals surface area contributed by atoms with Crippen molar-refractivity contribution in [3.8, 4) is 11.5 Å². The SMILES string of the molecule is CCOc1ccc(N(CC(=O)N2CCCCCC2)S(=O)(=O)c2cc(C)ccc2OC)cc1. The standard InChI is InChI=1S/C24H32N2O5S/c1-4-31-21-12-10-20(11-13-21)26(18-24(27)25-15-7-5-6-8-16-25)32(28,29)23-17-19(2)9-14-22(23)30-3/h9-14,17H,4-8,15-16,18H2,1-3H3. The molecule has 8 heteroatoms. The summed E-state index contributed by atoms with van der Waals surface area (Å²) < 4.78 is 39.6. The van der Waals surface area contributed by atoms with E-state index in [9.17, 15) is 13.2 Å². The van der Waals surface area contributed by atoms with Gasteiger partial charge in [0.15, 0.2) is 0 Å². The van der Waals surface area contributed by atoms with Gasteiger partial charge in [-0.3, -0.25) is 9.10 Å². The van der Waals surface area contributed by atoms with Crippen molar-refractivity contribution in [1.82, 2.24) is 4.90 Å². The van der Waals surface area contributed by atoms with Crippen molar-refractivity contribution in [3.05, 3.63) is 48.0 Å². The van der Waals surface area contributed by atoms with Gasteiger partial charge in [0, 0.05) is 13.1 Å². The Morgan fingerprint density at radius 2 is 1.69 bits per heavy atom. The van der Waals surface area contributed by atoms with Crippen LogP contribution < -0.4 is 13.8 Å². The third kappa shape index (κ3) is 5.54. The molecule has 0 atom stereocenters. The van der Waals surface area contributed by atoms with Gasteiger partial charge in [-0.15, -0.1) is 0 Å². The second-order valence-corrected chi connectivity index (χ2v) is 9.72. The van der Waals surface area contributed by atoms with E-state index >= 15 is 0 Å². The number of anilines is 1. The molecule has 1 aliphatic heterocycles. The lowest BCUT2D eigenvalue weighted by molar-refractivity contribution is -0.129. The highest BCUT2D eigenvalue weighted by Gasteiger charge is 2.31. The number of aryl methyl sites for hydroxylation is 1. The van der Waals surface area contributed by atoms with E-state index in [0.717, 1.165) is 31.2 Å². The van der Waals surface area contributed by atoms with E-state index in [1.807, 2.05) is 13.8 Å². The zero-order chi connectivity index (χ0) is 23.1. The number of ether oxygens (including phenoxy) is 2. The van der Waals surface area contributed by atoms with Gasteiger partial charge in [-0.25, -0.2) is 8.42 Å². The highest BCUT2D eigenvalue weighted by Crippen LogP contribution is 2.32. The fourth-order valence-corrected chi connectivity index (χ4v) is 5.50. The van der Waals surface area contributed by atoms with Gasteiger partial charge in [0.05, 0.1) is 19.4 Å². The Labute approximate surface area is 191 Å². The molecule has 1 fully saturated rings. The van der Waals surface area contributed by atoms with E-state index in [-0.39, 0.29) is 23.1 Å². The maximum Gasteiger partial charge on any atom is 0.268 e. The zero-order valence-electron chi connectivity index (χ0n) is 19.0. The van der Waals surface area contributed by atoms with Crippen LogP contribution in [0.5, 0.6) is 11.5 Å². The summed E-state index contributed by atoms with van der Waals surface area (Å²) in [6.45, 7) is 5.26. The van der Waals surface area contributed by atoms with Crippen LogP contribution in [-0.4, -0.2) is 52.6 Å². The van der Waals surface area contributed by atoms with Crippen molar-refractivity contribution in [2.24, 2.45) is 0 Å². The maximum atomic E-state index is 13.8. The molecule has 7 nitrogen and oxygen atoms in total. The van der Waals surface area contributed by atoms with Crippen LogP contribution in [-0.2, 0) is 14.8 Å². The van der Waals surface area contributed by atoms with Crippen LogP contribution in [0.25, 0.3) is 0 Å². The number of methoxy groups -OCH3 is 1. The number of benzene rings is 2.